The quantitative estimate of drug-likeness (QED) is 0.799. The number of aryl methyl sites for hydroxylation is 1. The third kappa shape index (κ3) is 4.59. The minimum atomic E-state index is -3.64. The maximum atomic E-state index is 12.3. The number of hydrogen-bond donors (Lipinski definition) is 2. The Kier molecular flexibility index (Phi) is 5.56. The van der Waals surface area contributed by atoms with E-state index in [2.05, 4.69) is 22.4 Å². The van der Waals surface area contributed by atoms with Crippen LogP contribution < -0.4 is 10.0 Å². The van der Waals surface area contributed by atoms with E-state index in [4.69, 9.17) is 4.74 Å². The standard InChI is InChI=1S/C21H25N3O4S/c1-29(26,27)24-21(25)23-20-17-4-2-3-14(17)5-6-18(20)16-7-10-22-19(13-16)15-8-11-28-12-9-15/h5-7,10,13,15H,2-4,8-9,11-12H2,1H3,(H2,23,24,25). The summed E-state index contributed by atoms with van der Waals surface area (Å²) in [7, 11) is -3.64. The lowest BCUT2D eigenvalue weighted by Crippen LogP contribution is -2.33. The molecule has 1 fully saturated rings. The number of aromatic nitrogens is 1. The van der Waals surface area contributed by atoms with E-state index in [0.29, 0.717) is 11.6 Å². The fourth-order valence-corrected chi connectivity index (χ4v) is 4.58. The number of carbonyl (C=O) groups is 1. The molecular weight excluding hydrogens is 390 g/mol. The zero-order valence-corrected chi connectivity index (χ0v) is 17.2. The van der Waals surface area contributed by atoms with Crippen molar-refractivity contribution in [1.29, 1.82) is 0 Å². The van der Waals surface area contributed by atoms with Crippen LogP contribution in [0.5, 0.6) is 0 Å². The van der Waals surface area contributed by atoms with Crippen LogP contribution >= 0.6 is 0 Å². The Morgan fingerprint density at radius 3 is 2.72 bits per heavy atom. The van der Waals surface area contributed by atoms with Crippen molar-refractivity contribution < 1.29 is 17.9 Å². The van der Waals surface area contributed by atoms with Crippen molar-refractivity contribution in [2.75, 3.05) is 24.8 Å². The Morgan fingerprint density at radius 1 is 1.17 bits per heavy atom. The molecule has 2 N–H and O–H groups in total. The second-order valence-corrected chi connectivity index (χ2v) is 9.41. The van der Waals surface area contributed by atoms with Gasteiger partial charge in [-0.1, -0.05) is 12.1 Å². The molecule has 8 heteroatoms. The topological polar surface area (TPSA) is 97.4 Å². The highest BCUT2D eigenvalue weighted by Crippen LogP contribution is 2.38. The molecule has 0 atom stereocenters. The zero-order chi connectivity index (χ0) is 20.4. The number of sulfonamides is 1. The SMILES string of the molecule is CS(=O)(=O)NC(=O)Nc1c(-c2ccnc(C3CCOCC3)c2)ccc2c1CCC2. The summed E-state index contributed by atoms with van der Waals surface area (Å²) in [4.78, 5) is 16.9. The van der Waals surface area contributed by atoms with E-state index < -0.39 is 16.1 Å². The van der Waals surface area contributed by atoms with Gasteiger partial charge in [0.25, 0.3) is 0 Å². The van der Waals surface area contributed by atoms with Gasteiger partial charge in [0, 0.05) is 36.6 Å². The van der Waals surface area contributed by atoms with Crippen molar-refractivity contribution in [2.24, 2.45) is 0 Å². The number of benzene rings is 1. The van der Waals surface area contributed by atoms with Gasteiger partial charge in [-0.2, -0.15) is 0 Å². The smallest absolute Gasteiger partial charge is 0.332 e. The van der Waals surface area contributed by atoms with Gasteiger partial charge in [0.15, 0.2) is 0 Å². The molecule has 7 nitrogen and oxygen atoms in total. The van der Waals surface area contributed by atoms with Gasteiger partial charge in [-0.3, -0.25) is 4.98 Å². The molecule has 1 aromatic carbocycles. The molecule has 1 aliphatic carbocycles. The first-order valence-electron chi connectivity index (χ1n) is 9.88. The Bertz CT molecular complexity index is 1030. The molecule has 29 heavy (non-hydrogen) atoms. The Morgan fingerprint density at radius 2 is 1.97 bits per heavy atom. The highest BCUT2D eigenvalue weighted by molar-refractivity contribution is 7.89. The summed E-state index contributed by atoms with van der Waals surface area (Å²) in [6, 6.07) is 7.37. The Labute approximate surface area is 170 Å². The number of nitrogens with one attached hydrogen (secondary N) is 2. The Balaban J connectivity index is 1.71. The van der Waals surface area contributed by atoms with Gasteiger partial charge in [-0.25, -0.2) is 17.9 Å². The van der Waals surface area contributed by atoms with Gasteiger partial charge >= 0.3 is 6.03 Å². The summed E-state index contributed by atoms with van der Waals surface area (Å²) in [5, 5.41) is 2.80. The Hall–Kier alpha value is -2.45. The second-order valence-electron chi connectivity index (χ2n) is 7.66. The maximum Gasteiger partial charge on any atom is 0.332 e. The van der Waals surface area contributed by atoms with Crippen molar-refractivity contribution in [2.45, 2.75) is 38.0 Å². The van der Waals surface area contributed by atoms with Gasteiger partial charge in [0.2, 0.25) is 10.0 Å². The van der Waals surface area contributed by atoms with Crippen LogP contribution in [0, 0.1) is 0 Å². The summed E-state index contributed by atoms with van der Waals surface area (Å²) >= 11 is 0. The number of rotatable bonds is 4. The molecule has 0 unspecified atom stereocenters. The molecule has 154 valence electrons. The predicted molar refractivity (Wildman–Crippen MR) is 111 cm³/mol. The molecule has 2 aromatic rings. The first-order chi connectivity index (χ1) is 13.9. The third-order valence-corrected chi connectivity index (χ3v) is 6.09. The number of amides is 2. The first-order valence-corrected chi connectivity index (χ1v) is 11.8. The van der Waals surface area contributed by atoms with Gasteiger partial charge in [-0.15, -0.1) is 0 Å². The monoisotopic (exact) mass is 415 g/mol. The fourth-order valence-electron chi connectivity index (χ4n) is 4.19. The summed E-state index contributed by atoms with van der Waals surface area (Å²) in [6.07, 6.45) is 7.49. The molecule has 1 aromatic heterocycles. The predicted octanol–water partition coefficient (Wildman–Crippen LogP) is 3.21. The van der Waals surface area contributed by atoms with Crippen molar-refractivity contribution in [3.05, 3.63) is 47.3 Å². The van der Waals surface area contributed by atoms with E-state index in [0.717, 1.165) is 74.0 Å². The van der Waals surface area contributed by atoms with Crippen LogP contribution in [0.15, 0.2) is 30.5 Å². The molecule has 0 radical (unpaired) electrons. The van der Waals surface area contributed by atoms with Gasteiger partial charge in [0.05, 0.1) is 11.9 Å². The molecule has 2 amide bonds. The van der Waals surface area contributed by atoms with Crippen LogP contribution in [0.3, 0.4) is 0 Å². The second kappa shape index (κ2) is 8.12. The molecule has 2 aliphatic rings. The van der Waals surface area contributed by atoms with Crippen LogP contribution in [0.25, 0.3) is 11.1 Å². The molecule has 0 bridgehead atoms. The maximum absolute atomic E-state index is 12.3. The number of urea groups is 1. The van der Waals surface area contributed by atoms with Crippen LogP contribution in [-0.4, -0.2) is 38.9 Å². The molecule has 1 aliphatic heterocycles. The van der Waals surface area contributed by atoms with Crippen molar-refractivity contribution in [3.63, 3.8) is 0 Å². The van der Waals surface area contributed by atoms with Crippen LogP contribution in [0.2, 0.25) is 0 Å². The van der Waals surface area contributed by atoms with Crippen molar-refractivity contribution >= 4 is 21.7 Å². The van der Waals surface area contributed by atoms with Gasteiger partial charge < -0.3 is 10.1 Å². The number of carbonyl (C=O) groups excluding carboxylic acids is 1. The lowest BCUT2D eigenvalue weighted by Gasteiger charge is -2.22. The lowest BCUT2D eigenvalue weighted by atomic mass is 9.92. The molecule has 0 saturated carbocycles. The average Bonchev–Trinajstić information content (AvgIpc) is 3.17. The van der Waals surface area contributed by atoms with E-state index in [-0.39, 0.29) is 0 Å². The number of nitrogens with zero attached hydrogens (tertiary/aromatic N) is 1. The van der Waals surface area contributed by atoms with Gasteiger partial charge in [0.1, 0.15) is 0 Å². The van der Waals surface area contributed by atoms with Crippen molar-refractivity contribution in [3.8, 4) is 11.1 Å². The van der Waals surface area contributed by atoms with Crippen LogP contribution in [-0.2, 0) is 27.6 Å². The molecule has 2 heterocycles. The summed E-state index contributed by atoms with van der Waals surface area (Å²) in [5.74, 6) is 0.364. The highest BCUT2D eigenvalue weighted by atomic mass is 32.2. The third-order valence-electron chi connectivity index (χ3n) is 5.53. The average molecular weight is 416 g/mol. The van der Waals surface area contributed by atoms with Crippen molar-refractivity contribution in [1.82, 2.24) is 9.71 Å². The molecule has 4 rings (SSSR count). The first kappa shape index (κ1) is 19.8. The van der Waals surface area contributed by atoms with Gasteiger partial charge in [-0.05, 0) is 60.9 Å². The normalized spacial score (nSPS) is 17.0. The van der Waals surface area contributed by atoms with E-state index >= 15 is 0 Å². The number of hydrogen-bond acceptors (Lipinski definition) is 5. The number of pyridine rings is 1. The van der Waals surface area contributed by atoms with E-state index in [1.165, 1.54) is 5.56 Å². The summed E-state index contributed by atoms with van der Waals surface area (Å²) in [6.45, 7) is 1.49. The number of anilines is 1. The number of fused-ring (bicyclic) bond motifs is 1. The van der Waals surface area contributed by atoms with E-state index in [1.54, 1.807) is 6.20 Å². The zero-order valence-electron chi connectivity index (χ0n) is 16.4. The van der Waals surface area contributed by atoms with Crippen LogP contribution in [0.4, 0.5) is 10.5 Å². The minimum Gasteiger partial charge on any atom is -0.381 e. The fraction of sp³-hybridized carbons (Fsp3) is 0.429. The summed E-state index contributed by atoms with van der Waals surface area (Å²) in [5.41, 5.74) is 5.83. The summed E-state index contributed by atoms with van der Waals surface area (Å²) < 4.78 is 30.4. The van der Waals surface area contributed by atoms with Crippen LogP contribution in [0.1, 0.15) is 42.0 Å². The largest absolute Gasteiger partial charge is 0.381 e. The number of ether oxygens (including phenoxy) is 1. The molecule has 1 saturated heterocycles. The minimum absolute atomic E-state index is 0.364. The molecule has 0 spiro atoms. The highest BCUT2D eigenvalue weighted by Gasteiger charge is 2.23. The van der Waals surface area contributed by atoms with E-state index in [9.17, 15) is 13.2 Å². The lowest BCUT2D eigenvalue weighted by molar-refractivity contribution is 0.0845. The molecular formula is C21H25N3O4S. The van der Waals surface area contributed by atoms with E-state index in [1.807, 2.05) is 16.9 Å².